The molecule has 0 bridgehead atoms. The molecule has 1 aromatic rings. The van der Waals surface area contributed by atoms with Gasteiger partial charge in [0.15, 0.2) is 5.78 Å². The molecule has 1 saturated heterocycles. The lowest BCUT2D eigenvalue weighted by molar-refractivity contribution is -0.114. The molecule has 0 amide bonds. The van der Waals surface area contributed by atoms with Gasteiger partial charge in [-0.05, 0) is 44.2 Å². The van der Waals surface area contributed by atoms with E-state index in [1.54, 1.807) is 17.8 Å². The highest BCUT2D eigenvalue weighted by Gasteiger charge is 2.24. The van der Waals surface area contributed by atoms with Crippen molar-refractivity contribution in [2.75, 3.05) is 36.4 Å². The molecule has 1 fully saturated rings. The first-order chi connectivity index (χ1) is 11.6. The molecular formula is C19H23N3OS. The van der Waals surface area contributed by atoms with Gasteiger partial charge >= 0.3 is 0 Å². The molecule has 0 atom stereocenters. The first-order valence-corrected chi connectivity index (χ1v) is 9.44. The van der Waals surface area contributed by atoms with Crippen molar-refractivity contribution in [3.05, 3.63) is 41.0 Å². The Morgan fingerprint density at radius 2 is 1.92 bits per heavy atom. The van der Waals surface area contributed by atoms with Gasteiger partial charge in [-0.1, -0.05) is 11.8 Å². The van der Waals surface area contributed by atoms with Crippen molar-refractivity contribution < 1.29 is 4.79 Å². The minimum Gasteiger partial charge on any atom is -0.369 e. The van der Waals surface area contributed by atoms with Crippen LogP contribution in [0.3, 0.4) is 0 Å². The summed E-state index contributed by atoms with van der Waals surface area (Å²) in [6.45, 7) is 8.92. The second-order valence-corrected chi connectivity index (χ2v) is 7.97. The number of nitrogens with zero attached hydrogens (tertiary/aromatic N) is 2. The minimum absolute atomic E-state index is 0.187. The average Bonchev–Trinajstić information content (AvgIpc) is 2.59. The van der Waals surface area contributed by atoms with E-state index in [0.29, 0.717) is 12.5 Å². The third-order valence-corrected chi connectivity index (χ3v) is 6.12. The quantitative estimate of drug-likeness (QED) is 0.891. The first kappa shape index (κ1) is 15.8. The lowest BCUT2D eigenvalue weighted by Crippen LogP contribution is -2.48. The second-order valence-electron chi connectivity index (χ2n) is 6.84. The number of allylic oxidation sites excluding steroid dienone is 3. The number of hydrogen-bond donors (Lipinski definition) is 1. The SMILES string of the molecule is CC(C)N1CCN(c2ccc3c(c2)SC2=C(C=CC(=O)C2)N3)CC1. The average molecular weight is 341 g/mol. The van der Waals surface area contributed by atoms with E-state index in [4.69, 9.17) is 0 Å². The standard InChI is InChI=1S/C19H23N3OS/c1-13(2)21-7-9-22(10-8-21)14-3-5-16-18(11-14)24-19-12-15(23)4-6-17(19)20-16/h3-6,11,13,20H,7-10,12H2,1-2H3. The zero-order valence-electron chi connectivity index (χ0n) is 14.2. The number of nitrogens with one attached hydrogen (secondary N) is 1. The van der Waals surface area contributed by atoms with Gasteiger partial charge in [0.1, 0.15) is 0 Å². The van der Waals surface area contributed by atoms with Crippen LogP contribution in [0.5, 0.6) is 0 Å². The van der Waals surface area contributed by atoms with E-state index in [9.17, 15) is 4.79 Å². The second kappa shape index (κ2) is 6.30. The van der Waals surface area contributed by atoms with E-state index in [1.807, 2.05) is 6.08 Å². The largest absolute Gasteiger partial charge is 0.369 e. The van der Waals surface area contributed by atoms with Crippen molar-refractivity contribution in [2.24, 2.45) is 0 Å². The van der Waals surface area contributed by atoms with Gasteiger partial charge in [0, 0.05) is 59.8 Å². The first-order valence-electron chi connectivity index (χ1n) is 8.62. The Balaban J connectivity index is 1.51. The topological polar surface area (TPSA) is 35.6 Å². The monoisotopic (exact) mass is 341 g/mol. The van der Waals surface area contributed by atoms with Crippen LogP contribution >= 0.6 is 11.8 Å². The zero-order valence-corrected chi connectivity index (χ0v) is 15.0. The van der Waals surface area contributed by atoms with Crippen LogP contribution in [0.15, 0.2) is 45.8 Å². The molecular weight excluding hydrogens is 318 g/mol. The molecule has 3 aliphatic rings. The Hall–Kier alpha value is -1.72. The third kappa shape index (κ3) is 2.98. The molecule has 1 aromatic carbocycles. The summed E-state index contributed by atoms with van der Waals surface area (Å²) in [6, 6.07) is 7.27. The van der Waals surface area contributed by atoms with Crippen molar-refractivity contribution in [2.45, 2.75) is 31.2 Å². The van der Waals surface area contributed by atoms with Crippen LogP contribution in [0, 0.1) is 0 Å². The van der Waals surface area contributed by atoms with Gasteiger partial charge in [-0.2, -0.15) is 0 Å². The highest BCUT2D eigenvalue weighted by molar-refractivity contribution is 8.03. The molecule has 4 nitrogen and oxygen atoms in total. The number of carbonyl (C=O) groups excluding carboxylic acids is 1. The Labute approximate surface area is 147 Å². The smallest absolute Gasteiger partial charge is 0.160 e. The summed E-state index contributed by atoms with van der Waals surface area (Å²) in [5.74, 6) is 0.187. The minimum atomic E-state index is 0.187. The van der Waals surface area contributed by atoms with Gasteiger partial charge in [-0.3, -0.25) is 9.69 Å². The number of anilines is 2. The van der Waals surface area contributed by atoms with Gasteiger partial charge in [0.2, 0.25) is 0 Å². The highest BCUT2D eigenvalue weighted by Crippen LogP contribution is 2.44. The molecule has 0 unspecified atom stereocenters. The summed E-state index contributed by atoms with van der Waals surface area (Å²) in [5, 5.41) is 3.46. The fourth-order valence-corrected chi connectivity index (χ4v) is 4.57. The predicted molar refractivity (Wildman–Crippen MR) is 101 cm³/mol. The van der Waals surface area contributed by atoms with Crippen LogP contribution in [0.4, 0.5) is 11.4 Å². The van der Waals surface area contributed by atoms with E-state index in [0.717, 1.165) is 42.5 Å². The zero-order chi connectivity index (χ0) is 16.7. The molecule has 2 aliphatic heterocycles. The van der Waals surface area contributed by atoms with Crippen molar-refractivity contribution in [3.63, 3.8) is 0 Å². The molecule has 1 aliphatic carbocycles. The number of ketones is 1. The summed E-state index contributed by atoms with van der Waals surface area (Å²) in [6.07, 6.45) is 4.08. The van der Waals surface area contributed by atoms with Crippen molar-refractivity contribution >= 4 is 28.9 Å². The Morgan fingerprint density at radius 1 is 1.12 bits per heavy atom. The van der Waals surface area contributed by atoms with E-state index < -0.39 is 0 Å². The predicted octanol–water partition coefficient (Wildman–Crippen LogP) is 3.48. The molecule has 126 valence electrons. The maximum absolute atomic E-state index is 11.7. The van der Waals surface area contributed by atoms with E-state index in [1.165, 1.54) is 10.6 Å². The Bertz CT molecular complexity index is 730. The van der Waals surface area contributed by atoms with Crippen LogP contribution in [0.25, 0.3) is 0 Å². The fourth-order valence-electron chi connectivity index (χ4n) is 3.45. The van der Waals surface area contributed by atoms with Crippen LogP contribution in [0.1, 0.15) is 20.3 Å². The number of fused-ring (bicyclic) bond motifs is 1. The fraction of sp³-hybridized carbons (Fsp3) is 0.421. The van der Waals surface area contributed by atoms with Crippen LogP contribution in [-0.4, -0.2) is 42.9 Å². The molecule has 0 aromatic heterocycles. The number of carbonyl (C=O) groups is 1. The molecule has 2 heterocycles. The lowest BCUT2D eigenvalue weighted by Gasteiger charge is -2.38. The van der Waals surface area contributed by atoms with Gasteiger partial charge in [0.05, 0.1) is 5.69 Å². The molecule has 5 heteroatoms. The highest BCUT2D eigenvalue weighted by atomic mass is 32.2. The number of hydrogen-bond acceptors (Lipinski definition) is 5. The number of thioether (sulfide) groups is 1. The lowest BCUT2D eigenvalue weighted by atomic mass is 10.1. The van der Waals surface area contributed by atoms with Gasteiger partial charge < -0.3 is 10.2 Å². The van der Waals surface area contributed by atoms with Crippen LogP contribution < -0.4 is 10.2 Å². The summed E-state index contributed by atoms with van der Waals surface area (Å²) in [7, 11) is 0. The summed E-state index contributed by atoms with van der Waals surface area (Å²) in [5.41, 5.74) is 3.50. The molecule has 24 heavy (non-hydrogen) atoms. The molecule has 1 N–H and O–H groups in total. The maximum Gasteiger partial charge on any atom is 0.160 e. The molecule has 0 radical (unpaired) electrons. The number of benzene rings is 1. The third-order valence-electron chi connectivity index (χ3n) is 4.95. The van der Waals surface area contributed by atoms with Crippen molar-refractivity contribution in [3.8, 4) is 0 Å². The summed E-state index contributed by atoms with van der Waals surface area (Å²) >= 11 is 1.74. The molecule has 0 spiro atoms. The normalized spacial score (nSPS) is 21.0. The van der Waals surface area contributed by atoms with Crippen molar-refractivity contribution in [1.82, 2.24) is 4.90 Å². The summed E-state index contributed by atoms with van der Waals surface area (Å²) in [4.78, 5) is 19.0. The number of piperazine rings is 1. The van der Waals surface area contributed by atoms with E-state index in [2.05, 4.69) is 47.2 Å². The van der Waals surface area contributed by atoms with E-state index in [-0.39, 0.29) is 5.78 Å². The van der Waals surface area contributed by atoms with Crippen molar-refractivity contribution in [1.29, 1.82) is 0 Å². The molecule has 4 rings (SSSR count). The summed E-state index contributed by atoms with van der Waals surface area (Å²) < 4.78 is 0. The van der Waals surface area contributed by atoms with Gasteiger partial charge in [-0.15, -0.1) is 0 Å². The Morgan fingerprint density at radius 3 is 2.67 bits per heavy atom. The maximum atomic E-state index is 11.7. The van der Waals surface area contributed by atoms with Crippen LogP contribution in [-0.2, 0) is 4.79 Å². The molecule has 0 saturated carbocycles. The van der Waals surface area contributed by atoms with Crippen LogP contribution in [0.2, 0.25) is 0 Å². The number of rotatable bonds is 2. The van der Waals surface area contributed by atoms with Gasteiger partial charge in [0.25, 0.3) is 0 Å². The van der Waals surface area contributed by atoms with Gasteiger partial charge in [-0.25, -0.2) is 0 Å². The van der Waals surface area contributed by atoms with E-state index >= 15 is 0 Å². The Kier molecular flexibility index (Phi) is 4.14.